The molecular weight excluding hydrogens is 270 g/mol. The molecule has 2 aromatic rings. The number of likely N-dealkylation sites (tertiary alicyclic amines) is 1. The topological polar surface area (TPSA) is 20.3 Å². The zero-order valence-corrected chi connectivity index (χ0v) is 12.9. The Hall–Kier alpha value is -1.93. The van der Waals surface area contributed by atoms with Crippen LogP contribution in [0.4, 0.5) is 0 Å². The van der Waals surface area contributed by atoms with E-state index in [1.54, 1.807) is 0 Å². The number of hydrogen-bond acceptors (Lipinski definition) is 2. The summed E-state index contributed by atoms with van der Waals surface area (Å²) in [6, 6.07) is 20.8. The first-order valence-electron chi connectivity index (χ1n) is 8.17. The largest absolute Gasteiger partial charge is 0.298 e. The number of benzene rings is 2. The molecule has 3 rings (SSSR count). The minimum absolute atomic E-state index is 0.164. The van der Waals surface area contributed by atoms with Crippen molar-refractivity contribution in [2.45, 2.75) is 25.2 Å². The molecule has 1 saturated heterocycles. The van der Waals surface area contributed by atoms with Crippen LogP contribution in [0.15, 0.2) is 60.7 Å². The van der Waals surface area contributed by atoms with Gasteiger partial charge in [-0.3, -0.25) is 9.69 Å². The molecule has 2 heteroatoms. The predicted molar refractivity (Wildman–Crippen MR) is 90.0 cm³/mol. The van der Waals surface area contributed by atoms with Crippen molar-refractivity contribution in [1.82, 2.24) is 4.90 Å². The highest BCUT2D eigenvalue weighted by atomic mass is 16.1. The van der Waals surface area contributed by atoms with Crippen LogP contribution in [0.5, 0.6) is 0 Å². The van der Waals surface area contributed by atoms with Crippen LogP contribution in [-0.2, 0) is 4.79 Å². The molecule has 1 aliphatic rings. The van der Waals surface area contributed by atoms with E-state index in [-0.39, 0.29) is 5.92 Å². The van der Waals surface area contributed by atoms with Crippen molar-refractivity contribution >= 4 is 5.78 Å². The Balaban J connectivity index is 1.75. The number of nitrogens with zero attached hydrogens (tertiary/aromatic N) is 1. The monoisotopic (exact) mass is 293 g/mol. The van der Waals surface area contributed by atoms with Gasteiger partial charge in [0.25, 0.3) is 0 Å². The SMILES string of the molecule is O=C(CC(c1ccccc1)c1ccccc1)CN1CCCC1. The Bertz CT molecular complexity index is 548. The molecule has 0 bridgehead atoms. The molecule has 2 nitrogen and oxygen atoms in total. The predicted octanol–water partition coefficient (Wildman–Crippen LogP) is 3.87. The van der Waals surface area contributed by atoms with Gasteiger partial charge in [-0.1, -0.05) is 60.7 Å². The highest BCUT2D eigenvalue weighted by Crippen LogP contribution is 2.28. The second-order valence-electron chi connectivity index (χ2n) is 6.10. The molecular formula is C20H23NO. The summed E-state index contributed by atoms with van der Waals surface area (Å²) >= 11 is 0. The highest BCUT2D eigenvalue weighted by molar-refractivity contribution is 5.81. The van der Waals surface area contributed by atoms with Crippen molar-refractivity contribution in [2.75, 3.05) is 19.6 Å². The normalized spacial score (nSPS) is 15.3. The molecule has 1 heterocycles. The van der Waals surface area contributed by atoms with Crippen LogP contribution < -0.4 is 0 Å². The Morgan fingerprint density at radius 2 is 1.36 bits per heavy atom. The number of Topliss-reactive ketones (excluding diaryl/α,β-unsaturated/α-hetero) is 1. The molecule has 0 saturated carbocycles. The maximum atomic E-state index is 12.5. The van der Waals surface area contributed by atoms with E-state index in [9.17, 15) is 4.79 Å². The zero-order chi connectivity index (χ0) is 15.2. The fraction of sp³-hybridized carbons (Fsp3) is 0.350. The summed E-state index contributed by atoms with van der Waals surface area (Å²) in [4.78, 5) is 14.8. The summed E-state index contributed by atoms with van der Waals surface area (Å²) in [5.41, 5.74) is 2.45. The third-order valence-electron chi connectivity index (χ3n) is 4.43. The Labute approximate surface area is 132 Å². The van der Waals surface area contributed by atoms with Crippen LogP contribution >= 0.6 is 0 Å². The smallest absolute Gasteiger partial charge is 0.147 e. The van der Waals surface area contributed by atoms with Gasteiger partial charge in [-0.15, -0.1) is 0 Å². The highest BCUT2D eigenvalue weighted by Gasteiger charge is 2.21. The molecule has 114 valence electrons. The van der Waals surface area contributed by atoms with E-state index < -0.39 is 0 Å². The zero-order valence-electron chi connectivity index (χ0n) is 12.9. The lowest BCUT2D eigenvalue weighted by Gasteiger charge is -2.19. The van der Waals surface area contributed by atoms with Crippen LogP contribution in [0.2, 0.25) is 0 Å². The fourth-order valence-corrected chi connectivity index (χ4v) is 3.28. The van der Waals surface area contributed by atoms with Crippen molar-refractivity contribution in [2.24, 2.45) is 0 Å². The second-order valence-corrected chi connectivity index (χ2v) is 6.10. The van der Waals surface area contributed by atoms with Crippen molar-refractivity contribution in [3.8, 4) is 0 Å². The average Bonchev–Trinajstić information content (AvgIpc) is 3.07. The van der Waals surface area contributed by atoms with Crippen LogP contribution in [0.3, 0.4) is 0 Å². The molecule has 0 aromatic heterocycles. The van der Waals surface area contributed by atoms with Gasteiger partial charge >= 0.3 is 0 Å². The van der Waals surface area contributed by atoms with Gasteiger partial charge in [-0.05, 0) is 37.1 Å². The third kappa shape index (κ3) is 3.83. The Morgan fingerprint density at radius 3 is 1.86 bits per heavy atom. The third-order valence-corrected chi connectivity index (χ3v) is 4.43. The van der Waals surface area contributed by atoms with Gasteiger partial charge in [0, 0.05) is 12.3 Å². The molecule has 1 aliphatic heterocycles. The van der Waals surface area contributed by atoms with Crippen LogP contribution in [-0.4, -0.2) is 30.3 Å². The summed E-state index contributed by atoms with van der Waals surface area (Å²) in [5, 5.41) is 0. The lowest BCUT2D eigenvalue weighted by molar-refractivity contribution is -0.120. The van der Waals surface area contributed by atoms with E-state index in [0.29, 0.717) is 18.7 Å². The number of carbonyl (C=O) groups is 1. The van der Waals surface area contributed by atoms with Gasteiger partial charge in [0.1, 0.15) is 5.78 Å². The molecule has 0 N–H and O–H groups in total. The minimum Gasteiger partial charge on any atom is -0.298 e. The van der Waals surface area contributed by atoms with Crippen LogP contribution in [0.1, 0.15) is 36.3 Å². The summed E-state index contributed by atoms with van der Waals surface area (Å²) in [6.07, 6.45) is 3.05. The van der Waals surface area contributed by atoms with Crippen LogP contribution in [0, 0.1) is 0 Å². The maximum absolute atomic E-state index is 12.5. The molecule has 1 fully saturated rings. The van der Waals surface area contributed by atoms with E-state index >= 15 is 0 Å². The Kier molecular flexibility index (Phi) is 5.02. The van der Waals surface area contributed by atoms with Crippen molar-refractivity contribution < 1.29 is 4.79 Å². The Morgan fingerprint density at radius 1 is 0.864 bits per heavy atom. The molecule has 0 aliphatic carbocycles. The second kappa shape index (κ2) is 7.37. The first-order chi connectivity index (χ1) is 10.8. The summed E-state index contributed by atoms with van der Waals surface area (Å²) in [7, 11) is 0. The number of rotatable bonds is 6. The van der Waals surface area contributed by atoms with Crippen molar-refractivity contribution in [1.29, 1.82) is 0 Å². The van der Waals surface area contributed by atoms with Crippen LogP contribution in [0.25, 0.3) is 0 Å². The standard InChI is InChI=1S/C20H23NO/c22-19(16-21-13-7-8-14-21)15-20(17-9-3-1-4-10-17)18-11-5-2-6-12-18/h1-6,9-12,20H,7-8,13-16H2. The van der Waals surface area contributed by atoms with Crippen molar-refractivity contribution in [3.63, 3.8) is 0 Å². The summed E-state index contributed by atoms with van der Waals surface area (Å²) < 4.78 is 0. The van der Waals surface area contributed by atoms with Crippen molar-refractivity contribution in [3.05, 3.63) is 71.8 Å². The van der Waals surface area contributed by atoms with E-state index in [0.717, 1.165) is 13.1 Å². The van der Waals surface area contributed by atoms with Gasteiger partial charge in [0.15, 0.2) is 0 Å². The molecule has 2 aromatic carbocycles. The van der Waals surface area contributed by atoms with E-state index in [2.05, 4.69) is 53.4 Å². The lowest BCUT2D eigenvalue weighted by Crippen LogP contribution is -2.27. The number of hydrogen-bond donors (Lipinski definition) is 0. The number of carbonyl (C=O) groups excluding carboxylic acids is 1. The summed E-state index contributed by atoms with van der Waals surface area (Å²) in [5.74, 6) is 0.511. The molecule has 0 spiro atoms. The fourth-order valence-electron chi connectivity index (χ4n) is 3.28. The molecule has 0 unspecified atom stereocenters. The molecule has 0 radical (unpaired) electrons. The molecule has 22 heavy (non-hydrogen) atoms. The van der Waals surface area contributed by atoms with Gasteiger partial charge in [-0.25, -0.2) is 0 Å². The van der Waals surface area contributed by atoms with E-state index in [1.165, 1.54) is 24.0 Å². The van der Waals surface area contributed by atoms with E-state index in [1.807, 2.05) is 12.1 Å². The number of ketones is 1. The first-order valence-corrected chi connectivity index (χ1v) is 8.17. The lowest BCUT2D eigenvalue weighted by atomic mass is 9.87. The molecule has 0 amide bonds. The van der Waals surface area contributed by atoms with Gasteiger partial charge in [0.05, 0.1) is 6.54 Å². The summed E-state index contributed by atoms with van der Waals surface area (Å²) in [6.45, 7) is 2.76. The average molecular weight is 293 g/mol. The quantitative estimate of drug-likeness (QED) is 0.805. The van der Waals surface area contributed by atoms with E-state index in [4.69, 9.17) is 0 Å². The molecule has 0 atom stereocenters. The van der Waals surface area contributed by atoms with Gasteiger partial charge < -0.3 is 0 Å². The van der Waals surface area contributed by atoms with Gasteiger partial charge in [0.2, 0.25) is 0 Å². The first kappa shape index (κ1) is 15.0. The maximum Gasteiger partial charge on any atom is 0.147 e. The van der Waals surface area contributed by atoms with Gasteiger partial charge in [-0.2, -0.15) is 0 Å². The minimum atomic E-state index is 0.164.